The van der Waals surface area contributed by atoms with Crippen molar-refractivity contribution in [3.63, 3.8) is 0 Å². The summed E-state index contributed by atoms with van der Waals surface area (Å²) in [5.74, 6) is -2.15. The number of halogens is 3. The quantitative estimate of drug-likeness (QED) is 0.821. The Morgan fingerprint density at radius 1 is 1.56 bits per heavy atom. The Labute approximate surface area is 103 Å². The smallest absolute Gasteiger partial charge is 0.340 e. The first-order valence-corrected chi connectivity index (χ1v) is 4.97. The van der Waals surface area contributed by atoms with E-state index in [0.29, 0.717) is 12.2 Å². The molecular formula is C10H10Cl2FNO2. The molecule has 1 aromatic carbocycles. The minimum absolute atomic E-state index is 0. The standard InChI is InChI=1S/C10H9ClFNO2.ClH/c11-6-4-5-2-1-3-13-9(5)7(8(6)12)10(14)15;/h4,13H,1-3H2,(H,14,15);1H. The molecule has 0 aliphatic carbocycles. The van der Waals surface area contributed by atoms with Gasteiger partial charge in [0.25, 0.3) is 0 Å². The van der Waals surface area contributed by atoms with Gasteiger partial charge in [-0.3, -0.25) is 0 Å². The van der Waals surface area contributed by atoms with Gasteiger partial charge in [0, 0.05) is 6.54 Å². The number of fused-ring (bicyclic) bond motifs is 1. The van der Waals surface area contributed by atoms with Crippen molar-refractivity contribution < 1.29 is 14.3 Å². The molecule has 0 amide bonds. The first-order valence-electron chi connectivity index (χ1n) is 4.59. The van der Waals surface area contributed by atoms with Crippen molar-refractivity contribution in [2.45, 2.75) is 12.8 Å². The van der Waals surface area contributed by atoms with Crippen molar-refractivity contribution in [2.24, 2.45) is 0 Å². The molecule has 0 unspecified atom stereocenters. The first kappa shape index (κ1) is 13.1. The normalized spacial score (nSPS) is 13.4. The van der Waals surface area contributed by atoms with E-state index in [2.05, 4.69) is 5.32 Å². The Morgan fingerprint density at radius 2 is 2.25 bits per heavy atom. The van der Waals surface area contributed by atoms with E-state index in [1.807, 2.05) is 0 Å². The number of aromatic carboxylic acids is 1. The minimum atomic E-state index is -1.29. The fourth-order valence-electron chi connectivity index (χ4n) is 1.77. The number of benzene rings is 1. The fraction of sp³-hybridized carbons (Fsp3) is 0.300. The summed E-state index contributed by atoms with van der Waals surface area (Å²) in [6.07, 6.45) is 1.62. The number of carbonyl (C=O) groups is 1. The Bertz CT molecular complexity index is 437. The van der Waals surface area contributed by atoms with Crippen LogP contribution in [0.15, 0.2) is 6.07 Å². The summed E-state index contributed by atoms with van der Waals surface area (Å²) in [7, 11) is 0. The van der Waals surface area contributed by atoms with Crippen LogP contribution in [-0.2, 0) is 6.42 Å². The molecular weight excluding hydrogens is 256 g/mol. The SMILES string of the molecule is Cl.O=C(O)c1c(F)c(Cl)cc2c1NCCC2. The average molecular weight is 266 g/mol. The molecule has 1 aliphatic heterocycles. The third-order valence-electron chi connectivity index (χ3n) is 2.44. The van der Waals surface area contributed by atoms with Gasteiger partial charge in [-0.25, -0.2) is 9.18 Å². The second-order valence-corrected chi connectivity index (χ2v) is 3.82. The highest BCUT2D eigenvalue weighted by Crippen LogP contribution is 2.32. The maximum atomic E-state index is 13.5. The molecule has 3 nitrogen and oxygen atoms in total. The summed E-state index contributed by atoms with van der Waals surface area (Å²) in [5, 5.41) is 11.7. The van der Waals surface area contributed by atoms with Gasteiger partial charge < -0.3 is 10.4 Å². The third kappa shape index (κ3) is 2.08. The molecule has 0 radical (unpaired) electrons. The summed E-state index contributed by atoms with van der Waals surface area (Å²) in [5.41, 5.74) is 0.790. The number of aryl methyl sites for hydroxylation is 1. The van der Waals surface area contributed by atoms with Gasteiger partial charge in [-0.2, -0.15) is 0 Å². The highest BCUT2D eigenvalue weighted by atomic mass is 35.5. The first-order chi connectivity index (χ1) is 7.11. The van der Waals surface area contributed by atoms with Crippen LogP contribution in [0.25, 0.3) is 0 Å². The summed E-state index contributed by atoms with van der Waals surface area (Å²) in [6, 6.07) is 1.49. The molecule has 0 saturated carbocycles. The zero-order valence-corrected chi connectivity index (χ0v) is 9.79. The van der Waals surface area contributed by atoms with Crippen molar-refractivity contribution in [3.05, 3.63) is 28.0 Å². The Morgan fingerprint density at radius 3 is 2.88 bits per heavy atom. The largest absolute Gasteiger partial charge is 0.478 e. The van der Waals surface area contributed by atoms with Crippen LogP contribution in [0.1, 0.15) is 22.3 Å². The molecule has 0 spiro atoms. The maximum Gasteiger partial charge on any atom is 0.340 e. The lowest BCUT2D eigenvalue weighted by Gasteiger charge is -2.20. The predicted octanol–water partition coefficient (Wildman–Crippen LogP) is 2.96. The van der Waals surface area contributed by atoms with Gasteiger partial charge in [0.05, 0.1) is 10.7 Å². The monoisotopic (exact) mass is 265 g/mol. The lowest BCUT2D eigenvalue weighted by Crippen LogP contribution is -2.17. The highest BCUT2D eigenvalue weighted by Gasteiger charge is 2.23. The molecule has 1 aromatic rings. The van der Waals surface area contributed by atoms with Crippen molar-refractivity contribution >= 4 is 35.7 Å². The second kappa shape index (κ2) is 4.89. The fourth-order valence-corrected chi connectivity index (χ4v) is 2.00. The van der Waals surface area contributed by atoms with Gasteiger partial charge >= 0.3 is 5.97 Å². The minimum Gasteiger partial charge on any atom is -0.478 e. The van der Waals surface area contributed by atoms with E-state index in [0.717, 1.165) is 18.4 Å². The van der Waals surface area contributed by atoms with Crippen LogP contribution in [0, 0.1) is 5.82 Å². The molecule has 16 heavy (non-hydrogen) atoms. The van der Waals surface area contributed by atoms with E-state index in [4.69, 9.17) is 16.7 Å². The van der Waals surface area contributed by atoms with E-state index in [1.54, 1.807) is 0 Å². The number of carboxylic acids is 1. The van der Waals surface area contributed by atoms with Gasteiger partial charge in [-0.15, -0.1) is 12.4 Å². The summed E-state index contributed by atoms with van der Waals surface area (Å²) in [6.45, 7) is 0.661. The van der Waals surface area contributed by atoms with E-state index < -0.39 is 11.8 Å². The van der Waals surface area contributed by atoms with Crippen LogP contribution in [0.3, 0.4) is 0 Å². The number of carboxylic acid groups (broad SMARTS) is 1. The Hall–Kier alpha value is -1.00. The molecule has 0 atom stereocenters. The van der Waals surface area contributed by atoms with Gasteiger partial charge in [-0.05, 0) is 24.5 Å². The summed E-state index contributed by atoms with van der Waals surface area (Å²) >= 11 is 5.63. The number of hydrogen-bond donors (Lipinski definition) is 2. The number of hydrogen-bond acceptors (Lipinski definition) is 2. The van der Waals surface area contributed by atoms with Crippen LogP contribution in [0.2, 0.25) is 5.02 Å². The van der Waals surface area contributed by atoms with E-state index >= 15 is 0 Å². The maximum absolute atomic E-state index is 13.5. The van der Waals surface area contributed by atoms with Crippen LogP contribution in [-0.4, -0.2) is 17.6 Å². The number of nitrogens with one attached hydrogen (secondary N) is 1. The Kier molecular flexibility index (Phi) is 3.99. The van der Waals surface area contributed by atoms with Gasteiger partial charge in [-0.1, -0.05) is 11.6 Å². The molecule has 0 fully saturated rings. The number of anilines is 1. The lowest BCUT2D eigenvalue weighted by molar-refractivity contribution is 0.0693. The van der Waals surface area contributed by atoms with E-state index in [9.17, 15) is 9.18 Å². The topological polar surface area (TPSA) is 49.3 Å². The summed E-state index contributed by atoms with van der Waals surface area (Å²) < 4.78 is 13.5. The van der Waals surface area contributed by atoms with Gasteiger partial charge in [0.2, 0.25) is 0 Å². The van der Waals surface area contributed by atoms with Crippen LogP contribution >= 0.6 is 24.0 Å². The average Bonchev–Trinajstić information content (AvgIpc) is 2.19. The third-order valence-corrected chi connectivity index (χ3v) is 2.71. The van der Waals surface area contributed by atoms with Crippen LogP contribution in [0.4, 0.5) is 10.1 Å². The molecule has 0 saturated heterocycles. The van der Waals surface area contributed by atoms with E-state index in [1.165, 1.54) is 6.07 Å². The summed E-state index contributed by atoms with van der Waals surface area (Å²) in [4.78, 5) is 10.9. The molecule has 6 heteroatoms. The zero-order chi connectivity index (χ0) is 11.0. The molecule has 2 N–H and O–H groups in total. The van der Waals surface area contributed by atoms with Crippen molar-refractivity contribution in [1.82, 2.24) is 0 Å². The number of rotatable bonds is 1. The molecule has 0 bridgehead atoms. The second-order valence-electron chi connectivity index (χ2n) is 3.42. The lowest BCUT2D eigenvalue weighted by atomic mass is 9.99. The highest BCUT2D eigenvalue weighted by molar-refractivity contribution is 6.31. The molecule has 88 valence electrons. The van der Waals surface area contributed by atoms with Crippen molar-refractivity contribution in [2.75, 3.05) is 11.9 Å². The molecule has 1 heterocycles. The van der Waals surface area contributed by atoms with Crippen LogP contribution in [0.5, 0.6) is 0 Å². The Balaban J connectivity index is 0.00000128. The molecule has 2 rings (SSSR count). The van der Waals surface area contributed by atoms with Gasteiger partial charge in [0.15, 0.2) is 5.82 Å². The van der Waals surface area contributed by atoms with Crippen LogP contribution < -0.4 is 5.32 Å². The molecule has 0 aromatic heterocycles. The van der Waals surface area contributed by atoms with Gasteiger partial charge in [0.1, 0.15) is 5.56 Å². The predicted molar refractivity (Wildman–Crippen MR) is 62.4 cm³/mol. The van der Waals surface area contributed by atoms with Crippen molar-refractivity contribution in [3.8, 4) is 0 Å². The molecule has 1 aliphatic rings. The zero-order valence-electron chi connectivity index (χ0n) is 8.22. The van der Waals surface area contributed by atoms with Crippen molar-refractivity contribution in [1.29, 1.82) is 0 Å². The van der Waals surface area contributed by atoms with E-state index in [-0.39, 0.29) is 23.0 Å².